The van der Waals surface area contributed by atoms with Crippen LogP contribution in [0.1, 0.15) is 43.6 Å². The maximum Gasteiger partial charge on any atom is 0.338 e. The Morgan fingerprint density at radius 3 is 2.31 bits per heavy atom. The Morgan fingerprint density at radius 2 is 1.60 bits per heavy atom. The maximum atomic E-state index is 13.4. The number of nitrogens with zero attached hydrogens (tertiary/aromatic N) is 1. The fraction of sp³-hybridized carbons (Fsp3) is 0.486. The van der Waals surface area contributed by atoms with Gasteiger partial charge >= 0.3 is 5.97 Å². The Hall–Kier alpha value is -2.71. The van der Waals surface area contributed by atoms with Gasteiger partial charge in [0.15, 0.2) is 11.6 Å². The number of benzene rings is 2. The van der Waals surface area contributed by atoms with E-state index in [1.54, 1.807) is 0 Å². The van der Waals surface area contributed by atoms with E-state index in [2.05, 4.69) is 62.7 Å². The molecule has 6 rings (SSSR count). The average Bonchev–Trinajstić information content (AvgIpc) is 3.44. The van der Waals surface area contributed by atoms with Crippen LogP contribution >= 0.6 is 0 Å². The van der Waals surface area contributed by atoms with E-state index >= 15 is 0 Å². The maximum absolute atomic E-state index is 13.4. The number of para-hydroxylation sites is 1. The molecule has 3 aromatic rings. The monoisotopic (exact) mass is 647 g/mol. The number of ether oxygens (including phenoxy) is 6. The summed E-state index contributed by atoms with van der Waals surface area (Å²) in [6.07, 6.45) is 0.549. The molecule has 0 amide bonds. The Balaban J connectivity index is 1.24. The number of carbonyl (C=O) groups is 1. The highest BCUT2D eigenvalue weighted by molar-refractivity contribution is 7.07. The fourth-order valence-corrected chi connectivity index (χ4v) is 13.1. The predicted molar refractivity (Wildman–Crippen MR) is 179 cm³/mol. The zero-order valence-corrected chi connectivity index (χ0v) is 29.8. The third-order valence-electron chi connectivity index (χ3n) is 8.67. The topological polar surface area (TPSA) is 85.3 Å². The number of hydrogen-bond donors (Lipinski definition) is 0. The molecule has 0 aliphatic carbocycles. The van der Waals surface area contributed by atoms with Crippen LogP contribution in [0.5, 0.6) is 0 Å². The lowest BCUT2D eigenvalue weighted by molar-refractivity contribution is -0.293. The van der Waals surface area contributed by atoms with Gasteiger partial charge in [-0.15, -0.1) is 0 Å². The SMILES string of the molecule is CC1(C)O[C@@H]2[C@@H](CO[C@@]3(COC(=O)c4ccc(/C(=C\[Si](C)(C)C)[Si](C)(C)c5cccc6cccnc56)cc4)OC(C)(C)O[C@@H]23)O1. The zero-order chi connectivity index (χ0) is 32.4. The molecular weight excluding hydrogens is 603 g/mol. The van der Waals surface area contributed by atoms with E-state index in [1.165, 1.54) is 10.4 Å². The molecule has 3 saturated heterocycles. The van der Waals surface area contributed by atoms with Gasteiger partial charge in [0.2, 0.25) is 5.79 Å². The van der Waals surface area contributed by atoms with Gasteiger partial charge in [0.05, 0.1) is 25.8 Å². The first kappa shape index (κ1) is 32.2. The van der Waals surface area contributed by atoms with Gasteiger partial charge in [-0.05, 0) is 56.6 Å². The number of aromatic nitrogens is 1. The molecule has 0 N–H and O–H groups in total. The van der Waals surface area contributed by atoms with E-state index in [4.69, 9.17) is 33.4 Å². The first-order valence-corrected chi connectivity index (χ1v) is 22.3. The van der Waals surface area contributed by atoms with Crippen LogP contribution in [0.25, 0.3) is 16.1 Å². The van der Waals surface area contributed by atoms with Crippen LogP contribution in [0.3, 0.4) is 0 Å². The Labute approximate surface area is 268 Å². The lowest BCUT2D eigenvalue weighted by atomic mass is 9.97. The summed E-state index contributed by atoms with van der Waals surface area (Å²) < 4.78 is 36.7. The summed E-state index contributed by atoms with van der Waals surface area (Å²) in [5, 5.41) is 3.81. The molecule has 2 aromatic carbocycles. The molecule has 10 heteroatoms. The summed E-state index contributed by atoms with van der Waals surface area (Å²) in [7, 11) is -3.83. The quantitative estimate of drug-likeness (QED) is 0.221. The van der Waals surface area contributed by atoms with Gasteiger partial charge in [0, 0.05) is 11.6 Å². The molecule has 240 valence electrons. The molecule has 0 bridgehead atoms. The second-order valence-corrected chi connectivity index (χ2v) is 24.2. The number of pyridine rings is 1. The highest BCUT2D eigenvalue weighted by atomic mass is 28.3. The Morgan fingerprint density at radius 1 is 0.911 bits per heavy atom. The number of esters is 1. The van der Waals surface area contributed by atoms with Crippen LogP contribution in [-0.2, 0) is 28.4 Å². The molecule has 0 saturated carbocycles. The lowest BCUT2D eigenvalue weighted by Crippen LogP contribution is -2.60. The van der Waals surface area contributed by atoms with E-state index in [9.17, 15) is 4.79 Å². The highest BCUT2D eigenvalue weighted by Gasteiger charge is 2.66. The standard InChI is InChI=1S/C35H45NO7Si2/c1-33(2)40-26-20-39-35(31(30(26)41-33)42-34(3,4)43-35)22-38-32(37)25-17-15-23(16-18-25)28(21-44(5,6)7)45(8,9)27-14-10-12-24-13-11-19-36-29(24)27/h10-19,21,26,30-31H,20,22H2,1-9H3/b28-21+/t26-,30-,31+,35+/m1/s1. The summed E-state index contributed by atoms with van der Waals surface area (Å²) in [6.45, 7) is 19.3. The first-order valence-electron chi connectivity index (χ1n) is 15.7. The third kappa shape index (κ3) is 6.34. The van der Waals surface area contributed by atoms with Crippen molar-refractivity contribution >= 4 is 43.4 Å². The van der Waals surface area contributed by atoms with Crippen molar-refractivity contribution in [2.24, 2.45) is 0 Å². The zero-order valence-electron chi connectivity index (χ0n) is 27.8. The molecule has 4 atom stereocenters. The smallest absolute Gasteiger partial charge is 0.338 e. The Bertz CT molecular complexity index is 1620. The van der Waals surface area contributed by atoms with Crippen LogP contribution in [0.15, 0.2) is 66.5 Å². The van der Waals surface area contributed by atoms with E-state index in [-0.39, 0.29) is 19.3 Å². The van der Waals surface area contributed by atoms with Crippen LogP contribution in [0, 0.1) is 0 Å². The van der Waals surface area contributed by atoms with Crippen molar-refractivity contribution in [1.82, 2.24) is 4.98 Å². The average molecular weight is 648 g/mol. The molecule has 3 aliphatic rings. The lowest BCUT2D eigenvalue weighted by Gasteiger charge is -2.40. The molecule has 3 fully saturated rings. The minimum Gasteiger partial charge on any atom is -0.456 e. The minimum atomic E-state index is -2.21. The van der Waals surface area contributed by atoms with Gasteiger partial charge < -0.3 is 28.4 Å². The molecule has 0 spiro atoms. The molecule has 0 radical (unpaired) electrons. The number of fused-ring (bicyclic) bond motifs is 4. The van der Waals surface area contributed by atoms with E-state index in [0.29, 0.717) is 5.56 Å². The van der Waals surface area contributed by atoms with Gasteiger partial charge in [-0.3, -0.25) is 4.98 Å². The van der Waals surface area contributed by atoms with E-state index < -0.39 is 51.7 Å². The number of rotatable bonds is 7. The van der Waals surface area contributed by atoms with Gasteiger partial charge in [0.25, 0.3) is 0 Å². The third-order valence-corrected chi connectivity index (χ3v) is 13.6. The first-order chi connectivity index (χ1) is 21.0. The highest BCUT2D eigenvalue weighted by Crippen LogP contribution is 2.47. The Kier molecular flexibility index (Phi) is 8.04. The second kappa shape index (κ2) is 11.2. The van der Waals surface area contributed by atoms with E-state index in [1.807, 2.05) is 64.2 Å². The predicted octanol–water partition coefficient (Wildman–Crippen LogP) is 6.21. The van der Waals surface area contributed by atoms with E-state index in [0.717, 1.165) is 16.5 Å². The van der Waals surface area contributed by atoms with Crippen molar-refractivity contribution in [1.29, 1.82) is 0 Å². The van der Waals surface area contributed by atoms with Crippen molar-refractivity contribution in [3.63, 3.8) is 0 Å². The molecule has 8 nitrogen and oxygen atoms in total. The van der Waals surface area contributed by atoms with Crippen molar-refractivity contribution in [2.75, 3.05) is 13.2 Å². The van der Waals surface area contributed by atoms with Gasteiger partial charge in [-0.1, -0.05) is 80.0 Å². The van der Waals surface area contributed by atoms with Gasteiger partial charge in [0.1, 0.15) is 33.0 Å². The largest absolute Gasteiger partial charge is 0.456 e. The van der Waals surface area contributed by atoms with Crippen LogP contribution in [-0.4, -0.2) is 76.0 Å². The van der Waals surface area contributed by atoms with Crippen molar-refractivity contribution < 1.29 is 33.2 Å². The molecule has 1 aromatic heterocycles. The minimum absolute atomic E-state index is 0.135. The molecule has 3 aliphatic heterocycles. The molecule has 45 heavy (non-hydrogen) atoms. The summed E-state index contributed by atoms with van der Waals surface area (Å²) in [6, 6.07) is 18.4. The second-order valence-electron chi connectivity index (χ2n) is 14.9. The summed E-state index contributed by atoms with van der Waals surface area (Å²) in [5.41, 5.74) is 5.15. The van der Waals surface area contributed by atoms with Crippen LogP contribution in [0.4, 0.5) is 0 Å². The van der Waals surface area contributed by atoms with Gasteiger partial charge in [-0.2, -0.15) is 0 Å². The summed E-state index contributed by atoms with van der Waals surface area (Å²) in [4.78, 5) is 18.2. The number of hydrogen-bond acceptors (Lipinski definition) is 8. The molecular formula is C35H45NO7Si2. The summed E-state index contributed by atoms with van der Waals surface area (Å²) in [5.74, 6) is -3.46. The van der Waals surface area contributed by atoms with Crippen molar-refractivity contribution in [2.45, 2.75) is 96.1 Å². The summed E-state index contributed by atoms with van der Waals surface area (Å²) >= 11 is 0. The fourth-order valence-electron chi connectivity index (χ4n) is 6.79. The van der Waals surface area contributed by atoms with Crippen molar-refractivity contribution in [3.8, 4) is 0 Å². The molecule has 0 unspecified atom stereocenters. The van der Waals surface area contributed by atoms with Gasteiger partial charge in [-0.25, -0.2) is 4.79 Å². The van der Waals surface area contributed by atoms with Crippen LogP contribution < -0.4 is 5.19 Å². The van der Waals surface area contributed by atoms with Crippen molar-refractivity contribution in [3.05, 3.63) is 77.6 Å². The normalized spacial score (nSPS) is 27.7. The van der Waals surface area contributed by atoms with Crippen LogP contribution in [0.2, 0.25) is 32.7 Å². The number of carbonyl (C=O) groups excluding carboxylic acids is 1. The molecule has 4 heterocycles.